The monoisotopic (exact) mass is 801 g/mol. The lowest BCUT2D eigenvalue weighted by Gasteiger charge is -1.98. The smallest absolute Gasteiger partial charge is 0.335 e. The number of hydrogen-bond donors (Lipinski definition) is 4. The van der Waals surface area contributed by atoms with E-state index in [0.29, 0.717) is 45.4 Å². The molecule has 0 saturated carbocycles. The summed E-state index contributed by atoms with van der Waals surface area (Å²) < 4.78 is 18.2. The lowest BCUT2D eigenvalue weighted by atomic mass is 10.1. The second kappa shape index (κ2) is 17.9. The highest BCUT2D eigenvalue weighted by atomic mass is 35.5. The number of carboxylic acid groups (broad SMARTS) is 1. The average molecular weight is 803 g/mol. The molecule has 7 rings (SSSR count). The SMILES string of the molecule is COc1cccc2sc(NC(=O)NN)nc12.N#Cc1cc(C(=O)O)ccc1Cl.[C-]#[N+]c1cc(-c2nnc(Cc3nc4c(OC)cccc4s3)o2)ccc1Cl. The molecule has 54 heavy (non-hydrogen) atoms. The summed E-state index contributed by atoms with van der Waals surface area (Å²) in [5, 5.41) is 29.7. The molecule has 0 radical (unpaired) electrons. The summed E-state index contributed by atoms with van der Waals surface area (Å²) in [4.78, 5) is 33.7. The van der Waals surface area contributed by atoms with E-state index in [1.807, 2.05) is 41.8 Å². The first kappa shape index (κ1) is 38.9. The van der Waals surface area contributed by atoms with Crippen LogP contribution in [0.3, 0.4) is 0 Å². The molecule has 0 aliphatic rings. The number of anilines is 1. The van der Waals surface area contributed by atoms with Crippen molar-refractivity contribution in [3.63, 3.8) is 0 Å². The third kappa shape index (κ3) is 9.36. The third-order valence-electron chi connectivity index (χ3n) is 7.02. The molecule has 0 saturated heterocycles. The number of nitrogens with one attached hydrogen (secondary N) is 2. The molecule has 0 aliphatic heterocycles. The quantitative estimate of drug-likeness (QED) is 0.0518. The zero-order chi connectivity index (χ0) is 38.8. The molecule has 3 heterocycles. The van der Waals surface area contributed by atoms with E-state index < -0.39 is 12.0 Å². The van der Waals surface area contributed by atoms with Gasteiger partial charge in [-0.25, -0.2) is 30.2 Å². The van der Waals surface area contributed by atoms with Crippen molar-refractivity contribution in [2.45, 2.75) is 6.42 Å². The normalized spacial score (nSPS) is 10.2. The molecule has 0 aliphatic carbocycles. The van der Waals surface area contributed by atoms with Crippen LogP contribution in [0.1, 0.15) is 26.8 Å². The largest absolute Gasteiger partial charge is 0.494 e. The van der Waals surface area contributed by atoms with E-state index in [4.69, 9.17) is 59.9 Å². The predicted molar refractivity (Wildman–Crippen MR) is 206 cm³/mol. The van der Waals surface area contributed by atoms with Crippen molar-refractivity contribution in [1.29, 1.82) is 5.26 Å². The van der Waals surface area contributed by atoms with Gasteiger partial charge in [0.2, 0.25) is 17.5 Å². The van der Waals surface area contributed by atoms with E-state index in [-0.39, 0.29) is 16.1 Å². The Morgan fingerprint density at radius 1 is 0.963 bits per heavy atom. The van der Waals surface area contributed by atoms with E-state index >= 15 is 0 Å². The van der Waals surface area contributed by atoms with Crippen LogP contribution in [0.15, 0.2) is 77.2 Å². The van der Waals surface area contributed by atoms with Crippen LogP contribution in [0.25, 0.3) is 36.7 Å². The number of fused-ring (bicyclic) bond motifs is 2. The Hall–Kier alpha value is -6.34. The van der Waals surface area contributed by atoms with Crippen LogP contribution in [-0.2, 0) is 6.42 Å². The highest BCUT2D eigenvalue weighted by molar-refractivity contribution is 7.22. The molecular weight excluding hydrogens is 777 g/mol. The number of carbonyl (C=O) groups excluding carboxylic acids is 1. The van der Waals surface area contributed by atoms with Crippen molar-refractivity contribution >= 4 is 89.1 Å². The van der Waals surface area contributed by atoms with Gasteiger partial charge >= 0.3 is 12.0 Å². The van der Waals surface area contributed by atoms with Crippen molar-refractivity contribution in [2.24, 2.45) is 5.84 Å². The number of carboxylic acids is 1. The molecule has 15 nitrogen and oxygen atoms in total. The van der Waals surface area contributed by atoms with Gasteiger partial charge in [0.15, 0.2) is 5.13 Å². The van der Waals surface area contributed by atoms with Gasteiger partial charge in [0.05, 0.1) is 52.8 Å². The molecule has 0 bridgehead atoms. The number of ether oxygens (including phenoxy) is 2. The molecule has 0 fully saturated rings. The zero-order valence-electron chi connectivity index (χ0n) is 28.0. The van der Waals surface area contributed by atoms with Crippen LogP contribution in [0.4, 0.5) is 15.6 Å². The van der Waals surface area contributed by atoms with Gasteiger partial charge in [-0.1, -0.05) is 58.8 Å². The average Bonchev–Trinajstić information content (AvgIpc) is 3.93. The number of aromatic carboxylic acids is 1. The Bertz CT molecular complexity index is 2560. The molecular formula is C35H25Cl2N9O6S2. The minimum Gasteiger partial charge on any atom is -0.494 e. The number of benzene rings is 4. The minimum atomic E-state index is -1.07. The fourth-order valence-electron chi connectivity index (χ4n) is 4.53. The second-order valence-electron chi connectivity index (χ2n) is 10.4. The summed E-state index contributed by atoms with van der Waals surface area (Å²) in [5.74, 6) is 6.11. The van der Waals surface area contributed by atoms with Crippen LogP contribution < -0.4 is 26.1 Å². The molecule has 272 valence electrons. The molecule has 3 aromatic heterocycles. The number of hydrogen-bond acceptors (Lipinski definition) is 13. The maximum absolute atomic E-state index is 11.0. The Morgan fingerprint density at radius 2 is 1.63 bits per heavy atom. The number of nitrogens with two attached hydrogens (primary N) is 1. The number of amides is 2. The van der Waals surface area contributed by atoms with Crippen LogP contribution in [-0.4, -0.2) is 51.5 Å². The van der Waals surface area contributed by atoms with Crippen molar-refractivity contribution in [1.82, 2.24) is 25.6 Å². The van der Waals surface area contributed by atoms with Crippen LogP contribution >= 0.6 is 45.9 Å². The van der Waals surface area contributed by atoms with Crippen molar-refractivity contribution in [3.05, 3.63) is 116 Å². The number of para-hydroxylation sites is 2. The minimum absolute atomic E-state index is 0.0657. The predicted octanol–water partition coefficient (Wildman–Crippen LogP) is 8.36. The maximum Gasteiger partial charge on any atom is 0.335 e. The number of rotatable bonds is 7. The maximum atomic E-state index is 11.0. The van der Waals surface area contributed by atoms with E-state index in [0.717, 1.165) is 31.2 Å². The van der Waals surface area contributed by atoms with E-state index in [1.165, 1.54) is 29.5 Å². The zero-order valence-corrected chi connectivity index (χ0v) is 31.1. The number of aromatic nitrogens is 4. The lowest BCUT2D eigenvalue weighted by Crippen LogP contribution is -2.34. The molecule has 7 aromatic rings. The lowest BCUT2D eigenvalue weighted by molar-refractivity contribution is 0.0696. The van der Waals surface area contributed by atoms with Crippen molar-refractivity contribution in [2.75, 3.05) is 19.5 Å². The van der Waals surface area contributed by atoms with Gasteiger partial charge in [0, 0.05) is 10.6 Å². The standard InChI is InChI=1S/C18H11ClN4O2S.C9H10N4O2S.C8H4ClNO2/c1-20-12-8-10(6-7-11(12)19)18-23-22-15(25-18)9-16-21-17-13(24-2)4-3-5-14(17)26-16;1-15-5-3-2-4-6-7(5)11-9(16-6)12-8(14)13-10;9-7-2-1-5(8(11)12)3-6(7)4-10/h3-8H,9H2,2H3;2-4H,10H2,1H3,(H2,11,12,13,14);1-3H,(H,11,12). The van der Waals surface area contributed by atoms with Gasteiger partial charge in [-0.05, 0) is 48.5 Å². The molecule has 19 heteroatoms. The second-order valence-corrected chi connectivity index (χ2v) is 13.4. The topological polar surface area (TPSA) is 216 Å². The van der Waals surface area contributed by atoms with Crippen LogP contribution in [0.2, 0.25) is 10.0 Å². The van der Waals surface area contributed by atoms with Gasteiger partial charge in [0.25, 0.3) is 0 Å². The molecule has 4 aromatic carbocycles. The molecule has 0 atom stereocenters. The van der Waals surface area contributed by atoms with E-state index in [1.54, 1.807) is 49.8 Å². The fourth-order valence-corrected chi connectivity index (χ4v) is 6.70. The van der Waals surface area contributed by atoms with Crippen LogP contribution in [0, 0.1) is 17.9 Å². The molecule has 0 spiro atoms. The number of urea groups is 1. The number of nitriles is 1. The third-order valence-corrected chi connectivity index (χ3v) is 9.62. The number of hydrazine groups is 1. The van der Waals surface area contributed by atoms with E-state index in [2.05, 4.69) is 30.3 Å². The van der Waals surface area contributed by atoms with Gasteiger partial charge in [0.1, 0.15) is 33.6 Å². The first-order valence-electron chi connectivity index (χ1n) is 15.1. The number of halogens is 2. The first-order chi connectivity index (χ1) is 26.1. The van der Waals surface area contributed by atoms with E-state index in [9.17, 15) is 9.59 Å². The molecule has 5 N–H and O–H groups in total. The fraction of sp³-hybridized carbons (Fsp3) is 0.0857. The summed E-state index contributed by atoms with van der Waals surface area (Å²) in [6.07, 6.45) is 0.429. The van der Waals surface area contributed by atoms with Crippen molar-refractivity contribution in [3.8, 4) is 29.0 Å². The number of carbonyl (C=O) groups is 2. The van der Waals surface area contributed by atoms with Gasteiger partial charge in [-0.15, -0.1) is 21.5 Å². The Morgan fingerprint density at radius 3 is 2.26 bits per heavy atom. The summed E-state index contributed by atoms with van der Waals surface area (Å²) in [6, 6.07) is 21.7. The highest BCUT2D eigenvalue weighted by Gasteiger charge is 2.15. The Labute approximate surface area is 324 Å². The number of thiazole rings is 2. The molecule has 0 unspecified atom stereocenters. The Balaban J connectivity index is 0.000000171. The summed E-state index contributed by atoms with van der Waals surface area (Å²) in [7, 11) is 3.20. The summed E-state index contributed by atoms with van der Waals surface area (Å²) in [6.45, 7) is 7.14. The first-order valence-corrected chi connectivity index (χ1v) is 17.5. The highest BCUT2D eigenvalue weighted by Crippen LogP contribution is 2.33. The molecule has 2 amide bonds. The van der Waals surface area contributed by atoms with Crippen LogP contribution in [0.5, 0.6) is 11.5 Å². The van der Waals surface area contributed by atoms with Gasteiger partial charge in [-0.3, -0.25) is 10.7 Å². The van der Waals surface area contributed by atoms with Gasteiger partial charge in [-0.2, -0.15) is 5.26 Å². The number of methoxy groups -OCH3 is 2. The Kier molecular flexibility index (Phi) is 12.9. The summed E-state index contributed by atoms with van der Waals surface area (Å²) in [5.41, 5.74) is 4.77. The summed E-state index contributed by atoms with van der Waals surface area (Å²) >= 11 is 14.5. The number of nitrogens with zero attached hydrogens (tertiary/aromatic N) is 6. The van der Waals surface area contributed by atoms with Crippen molar-refractivity contribution < 1.29 is 28.6 Å². The van der Waals surface area contributed by atoms with Gasteiger partial charge < -0.3 is 19.0 Å².